The standard InChI is InChI=1S/C39H44N5O6P/c1-6-47-25-34-42-35-36(31-18-12-13-19-32(31)41-37(35)40)44(34)24-26(2)49-51(46,50-30-21-20-28-16-10-11-17-29(28)23-30)43-33(38(45)48-39(3,4)5)22-27-14-8-7-9-15-27/h7-21,23,26,33H,6,22,24-25H2,1-5H3,(H2,40,41)(H,43,46)/t26-,33+,51+/m1/s1. The number of nitrogen functional groups attached to an aromatic ring is 1. The third-order valence-electron chi connectivity index (χ3n) is 8.12. The Kier molecular flexibility index (Phi) is 10.7. The lowest BCUT2D eigenvalue weighted by Crippen LogP contribution is -2.42. The van der Waals surface area contributed by atoms with E-state index in [0.29, 0.717) is 35.0 Å². The predicted octanol–water partition coefficient (Wildman–Crippen LogP) is 7.99. The van der Waals surface area contributed by atoms with Crippen molar-refractivity contribution in [2.75, 3.05) is 12.3 Å². The third kappa shape index (κ3) is 8.75. The number of ether oxygens (including phenoxy) is 2. The molecule has 2 aromatic heterocycles. The number of para-hydroxylation sites is 1. The minimum Gasteiger partial charge on any atom is -0.459 e. The maximum absolute atomic E-state index is 15.1. The van der Waals surface area contributed by atoms with E-state index >= 15 is 4.57 Å². The van der Waals surface area contributed by atoms with Gasteiger partial charge < -0.3 is 24.3 Å². The zero-order valence-corrected chi connectivity index (χ0v) is 30.4. The van der Waals surface area contributed by atoms with Gasteiger partial charge in [-0.1, -0.05) is 78.9 Å². The lowest BCUT2D eigenvalue weighted by molar-refractivity contribution is -0.157. The average Bonchev–Trinajstić information content (AvgIpc) is 3.45. The van der Waals surface area contributed by atoms with Crippen LogP contribution in [-0.4, -0.2) is 44.9 Å². The van der Waals surface area contributed by atoms with Crippen LogP contribution in [0.4, 0.5) is 5.82 Å². The van der Waals surface area contributed by atoms with E-state index in [1.165, 1.54) is 0 Å². The van der Waals surface area contributed by atoms with Gasteiger partial charge in [0.15, 0.2) is 5.82 Å². The van der Waals surface area contributed by atoms with Gasteiger partial charge in [-0.3, -0.25) is 9.32 Å². The predicted molar refractivity (Wildman–Crippen MR) is 200 cm³/mol. The minimum atomic E-state index is -4.31. The van der Waals surface area contributed by atoms with E-state index in [4.69, 9.17) is 29.2 Å². The summed E-state index contributed by atoms with van der Waals surface area (Å²) in [7, 11) is -4.31. The Morgan fingerprint density at radius 1 is 0.941 bits per heavy atom. The van der Waals surface area contributed by atoms with E-state index < -0.39 is 31.5 Å². The molecule has 51 heavy (non-hydrogen) atoms. The lowest BCUT2D eigenvalue weighted by Gasteiger charge is -2.29. The number of nitrogens with two attached hydrogens (primary N) is 1. The van der Waals surface area contributed by atoms with Crippen molar-refractivity contribution in [1.29, 1.82) is 0 Å². The molecule has 12 heteroatoms. The maximum Gasteiger partial charge on any atom is 0.459 e. The number of fused-ring (bicyclic) bond motifs is 4. The van der Waals surface area contributed by atoms with Crippen LogP contribution in [0.3, 0.4) is 0 Å². The van der Waals surface area contributed by atoms with Crippen LogP contribution in [0.5, 0.6) is 5.75 Å². The molecule has 0 spiro atoms. The molecule has 4 aromatic carbocycles. The van der Waals surface area contributed by atoms with Gasteiger partial charge in [0, 0.05) is 12.0 Å². The molecule has 0 amide bonds. The first kappa shape index (κ1) is 36.0. The van der Waals surface area contributed by atoms with Crippen LogP contribution in [0.2, 0.25) is 0 Å². The Morgan fingerprint density at radius 2 is 1.65 bits per heavy atom. The number of imidazole rings is 1. The van der Waals surface area contributed by atoms with E-state index in [-0.39, 0.29) is 19.6 Å². The highest BCUT2D eigenvalue weighted by Gasteiger charge is 2.38. The molecule has 0 aliphatic heterocycles. The normalized spacial score (nSPS) is 14.4. The molecule has 0 saturated carbocycles. The third-order valence-corrected chi connectivity index (χ3v) is 9.83. The highest BCUT2D eigenvalue weighted by molar-refractivity contribution is 7.52. The number of nitrogens with one attached hydrogen (secondary N) is 1. The second-order valence-electron chi connectivity index (χ2n) is 13.4. The zero-order chi connectivity index (χ0) is 36.2. The molecule has 0 bridgehead atoms. The van der Waals surface area contributed by atoms with Crippen LogP contribution in [0.1, 0.15) is 46.0 Å². The number of nitrogens with zero attached hydrogens (tertiary/aromatic N) is 3. The molecule has 0 saturated heterocycles. The molecular weight excluding hydrogens is 665 g/mol. The molecule has 6 aromatic rings. The number of aromatic nitrogens is 3. The number of hydrogen-bond acceptors (Lipinski definition) is 9. The van der Waals surface area contributed by atoms with Crippen LogP contribution >= 0.6 is 7.75 Å². The van der Waals surface area contributed by atoms with Crippen LogP contribution < -0.4 is 15.3 Å². The van der Waals surface area contributed by atoms with E-state index in [9.17, 15) is 4.79 Å². The molecule has 3 atom stereocenters. The molecule has 11 nitrogen and oxygen atoms in total. The zero-order valence-electron chi connectivity index (χ0n) is 29.5. The fourth-order valence-electron chi connectivity index (χ4n) is 5.97. The number of carbonyl (C=O) groups excluding carboxylic acids is 1. The summed E-state index contributed by atoms with van der Waals surface area (Å²) in [6, 6.07) is 29.3. The van der Waals surface area contributed by atoms with E-state index in [1.807, 2.05) is 96.4 Å². The van der Waals surface area contributed by atoms with Crippen molar-refractivity contribution in [2.24, 2.45) is 0 Å². The Labute approximate surface area is 297 Å². The number of hydrogen-bond donors (Lipinski definition) is 2. The van der Waals surface area contributed by atoms with Gasteiger partial charge in [-0.05, 0) is 75.6 Å². The number of benzene rings is 4. The highest BCUT2D eigenvalue weighted by atomic mass is 31.2. The van der Waals surface area contributed by atoms with E-state index in [2.05, 4.69) is 10.1 Å². The Bertz CT molecular complexity index is 2200. The largest absolute Gasteiger partial charge is 0.459 e. The molecular formula is C39H44N5O6P. The molecule has 0 unspecified atom stereocenters. The minimum absolute atomic E-state index is 0.182. The summed E-state index contributed by atoms with van der Waals surface area (Å²) in [5, 5.41) is 5.73. The van der Waals surface area contributed by atoms with Crippen LogP contribution in [0, 0.1) is 0 Å². The fourth-order valence-corrected chi connectivity index (χ4v) is 7.64. The summed E-state index contributed by atoms with van der Waals surface area (Å²) in [4.78, 5) is 23.1. The summed E-state index contributed by atoms with van der Waals surface area (Å²) in [5.74, 6) is 0.635. The van der Waals surface area contributed by atoms with Gasteiger partial charge in [-0.25, -0.2) is 14.5 Å². The molecule has 0 fully saturated rings. The number of pyridine rings is 1. The fraction of sp³-hybridized carbons (Fsp3) is 0.308. The first-order chi connectivity index (χ1) is 24.4. The van der Waals surface area contributed by atoms with Gasteiger partial charge in [-0.2, -0.15) is 5.09 Å². The van der Waals surface area contributed by atoms with Crippen molar-refractivity contribution in [3.05, 3.63) is 108 Å². The summed E-state index contributed by atoms with van der Waals surface area (Å²) >= 11 is 0. The monoisotopic (exact) mass is 709 g/mol. The van der Waals surface area contributed by atoms with Crippen molar-refractivity contribution in [2.45, 2.75) is 71.9 Å². The second-order valence-corrected chi connectivity index (χ2v) is 15.1. The molecule has 0 radical (unpaired) electrons. The first-order valence-corrected chi connectivity index (χ1v) is 18.6. The Balaban J connectivity index is 1.38. The lowest BCUT2D eigenvalue weighted by atomic mass is 10.1. The smallest absolute Gasteiger partial charge is 0.459 e. The summed E-state index contributed by atoms with van der Waals surface area (Å²) in [6.07, 6.45) is -0.549. The van der Waals surface area contributed by atoms with Crippen LogP contribution in [-0.2, 0) is 42.9 Å². The molecule has 2 heterocycles. The van der Waals surface area contributed by atoms with Gasteiger partial charge in [0.25, 0.3) is 0 Å². The molecule has 0 aliphatic carbocycles. The molecule has 6 rings (SSSR count). The first-order valence-electron chi connectivity index (χ1n) is 17.0. The number of anilines is 1. The number of esters is 1. The van der Waals surface area contributed by atoms with Crippen molar-refractivity contribution in [3.8, 4) is 5.75 Å². The number of rotatable bonds is 14. The van der Waals surface area contributed by atoms with Gasteiger partial charge in [-0.15, -0.1) is 0 Å². The van der Waals surface area contributed by atoms with Crippen molar-refractivity contribution < 1.29 is 27.9 Å². The molecule has 266 valence electrons. The van der Waals surface area contributed by atoms with Crippen molar-refractivity contribution in [1.82, 2.24) is 19.6 Å². The van der Waals surface area contributed by atoms with Crippen LogP contribution in [0.15, 0.2) is 97.1 Å². The van der Waals surface area contributed by atoms with Gasteiger partial charge >= 0.3 is 13.7 Å². The summed E-state index contributed by atoms with van der Waals surface area (Å²) in [6.45, 7) is 9.96. The SMILES string of the molecule is CCOCc1nc2c(N)nc3ccccc3c2n1C[C@@H](C)O[P@@](=O)(N[C@@H](Cc1ccccc1)C(=O)OC(C)(C)C)Oc1ccc2ccccc2c1. The van der Waals surface area contributed by atoms with Crippen LogP contribution in [0.25, 0.3) is 32.7 Å². The average molecular weight is 710 g/mol. The Morgan fingerprint density at radius 3 is 2.39 bits per heavy atom. The highest BCUT2D eigenvalue weighted by Crippen LogP contribution is 2.47. The van der Waals surface area contributed by atoms with E-state index in [0.717, 1.165) is 27.2 Å². The quantitative estimate of drug-likeness (QED) is 0.0845. The second kappa shape index (κ2) is 15.2. The maximum atomic E-state index is 15.1. The van der Waals surface area contributed by atoms with E-state index in [1.54, 1.807) is 39.8 Å². The van der Waals surface area contributed by atoms with Crippen molar-refractivity contribution >= 4 is 52.2 Å². The van der Waals surface area contributed by atoms with Crippen molar-refractivity contribution in [3.63, 3.8) is 0 Å². The summed E-state index contributed by atoms with van der Waals surface area (Å²) in [5.41, 5.74) is 8.47. The Hall–Kier alpha value is -4.80. The molecule has 3 N–H and O–H groups in total. The molecule has 0 aliphatic rings. The van der Waals surface area contributed by atoms with Gasteiger partial charge in [0.2, 0.25) is 0 Å². The topological polar surface area (TPSA) is 140 Å². The van der Waals surface area contributed by atoms with Gasteiger partial charge in [0.05, 0.1) is 23.7 Å². The van der Waals surface area contributed by atoms with Gasteiger partial charge in [0.1, 0.15) is 35.3 Å². The summed E-state index contributed by atoms with van der Waals surface area (Å²) < 4.78 is 41.3. The number of carbonyl (C=O) groups is 1.